The smallest absolute Gasteiger partial charge is 0.222 e. The van der Waals surface area contributed by atoms with E-state index in [4.69, 9.17) is 4.74 Å². The molecular formula is C23H34N4O3. The highest BCUT2D eigenvalue weighted by Gasteiger charge is 2.44. The third kappa shape index (κ3) is 4.52. The van der Waals surface area contributed by atoms with E-state index >= 15 is 0 Å². The summed E-state index contributed by atoms with van der Waals surface area (Å²) < 4.78 is 5.69. The van der Waals surface area contributed by atoms with E-state index in [0.717, 1.165) is 58.4 Å². The van der Waals surface area contributed by atoms with Crippen LogP contribution in [0.25, 0.3) is 0 Å². The summed E-state index contributed by atoms with van der Waals surface area (Å²) in [6.45, 7) is 5.85. The van der Waals surface area contributed by atoms with Crippen LogP contribution >= 0.6 is 0 Å². The summed E-state index contributed by atoms with van der Waals surface area (Å²) in [5.41, 5.74) is 1.26. The molecule has 3 fully saturated rings. The van der Waals surface area contributed by atoms with E-state index in [9.17, 15) is 9.59 Å². The van der Waals surface area contributed by atoms with E-state index < -0.39 is 0 Å². The molecule has 7 heteroatoms. The molecule has 0 aliphatic carbocycles. The first-order chi connectivity index (χ1) is 14.6. The van der Waals surface area contributed by atoms with Crippen LogP contribution in [-0.2, 0) is 14.3 Å². The van der Waals surface area contributed by atoms with Crippen molar-refractivity contribution in [2.45, 2.75) is 57.2 Å². The van der Waals surface area contributed by atoms with Crippen LogP contribution in [0, 0.1) is 5.92 Å². The largest absolute Gasteiger partial charge is 0.378 e. The van der Waals surface area contributed by atoms with Gasteiger partial charge in [0.2, 0.25) is 11.8 Å². The van der Waals surface area contributed by atoms with Gasteiger partial charge < -0.3 is 14.5 Å². The summed E-state index contributed by atoms with van der Waals surface area (Å²) in [6, 6.07) is 4.95. The van der Waals surface area contributed by atoms with Crippen LogP contribution in [0.5, 0.6) is 0 Å². The van der Waals surface area contributed by atoms with E-state index in [1.807, 2.05) is 17.3 Å². The van der Waals surface area contributed by atoms with Crippen LogP contribution in [0.1, 0.15) is 50.6 Å². The molecule has 2 unspecified atom stereocenters. The number of ether oxygens (including phenoxy) is 1. The van der Waals surface area contributed by atoms with Crippen molar-refractivity contribution in [3.63, 3.8) is 0 Å². The minimum absolute atomic E-state index is 0.147. The second-order valence-electron chi connectivity index (χ2n) is 8.96. The van der Waals surface area contributed by atoms with Crippen molar-refractivity contribution < 1.29 is 14.3 Å². The second-order valence-corrected chi connectivity index (χ2v) is 8.96. The Morgan fingerprint density at radius 1 is 1.03 bits per heavy atom. The molecule has 0 aromatic carbocycles. The van der Waals surface area contributed by atoms with Gasteiger partial charge in [0.05, 0.1) is 12.1 Å². The first-order valence-electron chi connectivity index (χ1n) is 11.3. The Morgan fingerprint density at radius 2 is 1.67 bits per heavy atom. The van der Waals surface area contributed by atoms with Crippen LogP contribution in [0.15, 0.2) is 24.5 Å². The average Bonchev–Trinajstić information content (AvgIpc) is 2.75. The molecule has 30 heavy (non-hydrogen) atoms. The Hall–Kier alpha value is -1.99. The lowest BCUT2D eigenvalue weighted by Crippen LogP contribution is -2.60. The van der Waals surface area contributed by atoms with Crippen LogP contribution in [-0.4, -0.2) is 83.5 Å². The van der Waals surface area contributed by atoms with E-state index in [2.05, 4.69) is 26.9 Å². The molecule has 7 nitrogen and oxygen atoms in total. The number of hydrogen-bond donors (Lipinski definition) is 0. The number of likely N-dealkylation sites (tertiary alicyclic amines) is 3. The molecule has 3 aliphatic rings. The lowest BCUT2D eigenvalue weighted by atomic mass is 9.87. The molecule has 0 saturated carbocycles. The Bertz CT molecular complexity index is 727. The predicted molar refractivity (Wildman–Crippen MR) is 114 cm³/mol. The first kappa shape index (κ1) is 21.2. The number of nitrogens with zero attached hydrogens (tertiary/aromatic N) is 4. The van der Waals surface area contributed by atoms with Crippen molar-refractivity contribution in [2.75, 3.05) is 39.8 Å². The molecule has 3 aliphatic heterocycles. The molecule has 2 atom stereocenters. The fourth-order valence-electron chi connectivity index (χ4n) is 5.32. The molecule has 0 radical (unpaired) electrons. The van der Waals surface area contributed by atoms with Gasteiger partial charge in [-0.2, -0.15) is 0 Å². The molecule has 4 heterocycles. The normalized spacial score (nSPS) is 26.5. The van der Waals surface area contributed by atoms with E-state index in [1.165, 1.54) is 5.56 Å². The van der Waals surface area contributed by atoms with Crippen molar-refractivity contribution in [3.05, 3.63) is 30.1 Å². The zero-order chi connectivity index (χ0) is 21.1. The molecule has 0 spiro atoms. The van der Waals surface area contributed by atoms with Gasteiger partial charge in [0.1, 0.15) is 0 Å². The third-order valence-corrected chi connectivity index (χ3v) is 7.26. The number of hydrogen-bond acceptors (Lipinski definition) is 5. The highest BCUT2D eigenvalue weighted by Crippen LogP contribution is 2.39. The number of pyridine rings is 1. The third-order valence-electron chi connectivity index (χ3n) is 7.26. The number of rotatable bonds is 5. The zero-order valence-electron chi connectivity index (χ0n) is 18.2. The molecular weight excluding hydrogens is 380 g/mol. The van der Waals surface area contributed by atoms with E-state index in [1.54, 1.807) is 14.0 Å². The maximum atomic E-state index is 12.8. The number of piperidine rings is 2. The lowest BCUT2D eigenvalue weighted by molar-refractivity contribution is -0.139. The van der Waals surface area contributed by atoms with Crippen LogP contribution in [0.4, 0.5) is 0 Å². The predicted octanol–water partition coefficient (Wildman–Crippen LogP) is 2.09. The number of methoxy groups -OCH3 is 1. The van der Waals surface area contributed by atoms with Gasteiger partial charge in [0, 0.05) is 71.6 Å². The highest BCUT2D eigenvalue weighted by atomic mass is 16.5. The maximum Gasteiger partial charge on any atom is 0.222 e. The fraction of sp³-hybridized carbons (Fsp3) is 0.696. The van der Waals surface area contributed by atoms with Gasteiger partial charge in [-0.15, -0.1) is 0 Å². The Balaban J connectivity index is 1.26. The van der Waals surface area contributed by atoms with Crippen molar-refractivity contribution in [1.82, 2.24) is 19.7 Å². The summed E-state index contributed by atoms with van der Waals surface area (Å²) in [5, 5.41) is 0. The summed E-state index contributed by atoms with van der Waals surface area (Å²) in [5.74, 6) is 0.854. The summed E-state index contributed by atoms with van der Waals surface area (Å²) >= 11 is 0. The molecule has 0 N–H and O–H groups in total. The van der Waals surface area contributed by atoms with Crippen LogP contribution in [0.3, 0.4) is 0 Å². The van der Waals surface area contributed by atoms with Gasteiger partial charge >= 0.3 is 0 Å². The van der Waals surface area contributed by atoms with Gasteiger partial charge in [-0.1, -0.05) is 0 Å². The quantitative estimate of drug-likeness (QED) is 0.738. The Morgan fingerprint density at radius 3 is 2.27 bits per heavy atom. The van der Waals surface area contributed by atoms with Crippen molar-refractivity contribution >= 4 is 11.8 Å². The van der Waals surface area contributed by atoms with E-state index in [-0.39, 0.29) is 18.1 Å². The summed E-state index contributed by atoms with van der Waals surface area (Å²) in [4.78, 5) is 34.9. The van der Waals surface area contributed by atoms with Gasteiger partial charge in [-0.05, 0) is 49.3 Å². The molecule has 2 amide bonds. The standard InChI is InChI=1S/C23H34N4O3/c1-17(28)25-11-5-18(6-12-25)15-22(29)26-13-7-20(8-14-26)27-16-21(30-2)23(27)19-3-9-24-10-4-19/h3-4,9-10,18,20-21,23H,5-8,11-16H2,1-2H3. The van der Waals surface area contributed by atoms with Crippen molar-refractivity contribution in [1.29, 1.82) is 0 Å². The van der Waals surface area contributed by atoms with Gasteiger partial charge in [-0.3, -0.25) is 19.5 Å². The van der Waals surface area contributed by atoms with Gasteiger partial charge in [0.15, 0.2) is 0 Å². The summed E-state index contributed by atoms with van der Waals surface area (Å²) in [7, 11) is 1.79. The highest BCUT2D eigenvalue weighted by molar-refractivity contribution is 5.76. The van der Waals surface area contributed by atoms with Crippen LogP contribution < -0.4 is 0 Å². The number of carbonyl (C=O) groups is 2. The molecule has 1 aromatic heterocycles. The number of carbonyl (C=O) groups excluding carboxylic acids is 2. The molecule has 0 bridgehead atoms. The Labute approximate surface area is 179 Å². The Kier molecular flexibility index (Phi) is 6.68. The topological polar surface area (TPSA) is 66.0 Å². The number of amides is 2. The van der Waals surface area contributed by atoms with E-state index in [0.29, 0.717) is 24.3 Å². The first-order valence-corrected chi connectivity index (χ1v) is 11.3. The molecule has 4 rings (SSSR count). The lowest BCUT2D eigenvalue weighted by Gasteiger charge is -2.53. The van der Waals surface area contributed by atoms with Crippen molar-refractivity contribution in [3.8, 4) is 0 Å². The molecule has 164 valence electrons. The number of aromatic nitrogens is 1. The average molecular weight is 415 g/mol. The van der Waals surface area contributed by atoms with Gasteiger partial charge in [0.25, 0.3) is 0 Å². The fourth-order valence-corrected chi connectivity index (χ4v) is 5.32. The maximum absolute atomic E-state index is 12.8. The monoisotopic (exact) mass is 414 g/mol. The second kappa shape index (κ2) is 9.43. The van der Waals surface area contributed by atoms with Crippen molar-refractivity contribution in [2.24, 2.45) is 5.92 Å². The minimum atomic E-state index is 0.147. The molecule has 1 aromatic rings. The summed E-state index contributed by atoms with van der Waals surface area (Å²) in [6.07, 6.45) is 8.49. The van der Waals surface area contributed by atoms with Gasteiger partial charge in [-0.25, -0.2) is 0 Å². The minimum Gasteiger partial charge on any atom is -0.378 e. The SMILES string of the molecule is COC1CN(C2CCN(C(=O)CC3CCN(C(C)=O)CC3)CC2)C1c1ccncc1. The van der Waals surface area contributed by atoms with Crippen LogP contribution in [0.2, 0.25) is 0 Å². The molecule has 3 saturated heterocycles. The zero-order valence-corrected chi connectivity index (χ0v) is 18.2.